The van der Waals surface area contributed by atoms with Crippen molar-refractivity contribution in [2.75, 3.05) is 13.2 Å². The third-order valence-electron chi connectivity index (χ3n) is 2.86. The van der Waals surface area contributed by atoms with E-state index in [1.54, 1.807) is 0 Å². The van der Waals surface area contributed by atoms with Gasteiger partial charge in [-0.2, -0.15) is 5.10 Å². The number of aromatic nitrogens is 2. The standard InChI is InChI=1S/C10H17N3O/c1-2-13-9(3-5-12-13)10-8(7-11)4-6-14-10/h3,5,8,10H,2,4,6-7,11H2,1H3/t8-,10-/m1/s1. The van der Waals surface area contributed by atoms with E-state index in [4.69, 9.17) is 10.5 Å². The van der Waals surface area contributed by atoms with Crippen LogP contribution in [0.15, 0.2) is 12.3 Å². The van der Waals surface area contributed by atoms with Gasteiger partial charge in [-0.1, -0.05) is 0 Å². The van der Waals surface area contributed by atoms with Crippen molar-refractivity contribution in [1.29, 1.82) is 0 Å². The summed E-state index contributed by atoms with van der Waals surface area (Å²) in [6.07, 6.45) is 3.05. The van der Waals surface area contributed by atoms with Gasteiger partial charge >= 0.3 is 0 Å². The molecule has 1 aliphatic heterocycles. The Bertz CT molecular complexity index is 297. The quantitative estimate of drug-likeness (QED) is 0.781. The highest BCUT2D eigenvalue weighted by Crippen LogP contribution is 2.33. The van der Waals surface area contributed by atoms with Gasteiger partial charge < -0.3 is 10.5 Å². The Balaban J connectivity index is 2.21. The molecule has 0 radical (unpaired) electrons. The minimum atomic E-state index is 0.155. The summed E-state index contributed by atoms with van der Waals surface area (Å²) in [6, 6.07) is 2.03. The Hall–Kier alpha value is -0.870. The van der Waals surface area contributed by atoms with Gasteiger partial charge in [0.15, 0.2) is 0 Å². The van der Waals surface area contributed by atoms with Crippen LogP contribution in [0.2, 0.25) is 0 Å². The monoisotopic (exact) mass is 195 g/mol. The van der Waals surface area contributed by atoms with E-state index in [0.29, 0.717) is 12.5 Å². The van der Waals surface area contributed by atoms with Crippen molar-refractivity contribution in [2.24, 2.45) is 11.7 Å². The zero-order chi connectivity index (χ0) is 9.97. The number of hydrogen-bond donors (Lipinski definition) is 1. The first-order valence-electron chi connectivity index (χ1n) is 5.20. The number of nitrogens with zero attached hydrogens (tertiary/aromatic N) is 2. The first kappa shape index (κ1) is 9.68. The number of rotatable bonds is 3. The van der Waals surface area contributed by atoms with Crippen LogP contribution in [-0.2, 0) is 11.3 Å². The van der Waals surface area contributed by atoms with Gasteiger partial charge in [0.05, 0.1) is 5.69 Å². The van der Waals surface area contributed by atoms with Crippen molar-refractivity contribution in [3.63, 3.8) is 0 Å². The molecule has 0 saturated carbocycles. The first-order valence-corrected chi connectivity index (χ1v) is 5.20. The SMILES string of the molecule is CCn1nccc1[C@@H]1OCC[C@@H]1CN. The van der Waals surface area contributed by atoms with Crippen LogP contribution in [0.3, 0.4) is 0 Å². The molecule has 0 bridgehead atoms. The molecule has 0 spiro atoms. The van der Waals surface area contributed by atoms with E-state index < -0.39 is 0 Å². The van der Waals surface area contributed by atoms with Crippen LogP contribution in [-0.4, -0.2) is 22.9 Å². The minimum Gasteiger partial charge on any atom is -0.372 e. The van der Waals surface area contributed by atoms with E-state index in [1.165, 1.54) is 5.69 Å². The molecular weight excluding hydrogens is 178 g/mol. The van der Waals surface area contributed by atoms with E-state index in [0.717, 1.165) is 19.6 Å². The summed E-state index contributed by atoms with van der Waals surface area (Å²) in [6.45, 7) is 4.49. The smallest absolute Gasteiger partial charge is 0.103 e. The van der Waals surface area contributed by atoms with E-state index >= 15 is 0 Å². The van der Waals surface area contributed by atoms with Crippen LogP contribution in [0.5, 0.6) is 0 Å². The van der Waals surface area contributed by atoms with E-state index in [1.807, 2.05) is 16.9 Å². The molecule has 78 valence electrons. The number of hydrogen-bond acceptors (Lipinski definition) is 3. The second-order valence-electron chi connectivity index (χ2n) is 3.65. The Morgan fingerprint density at radius 2 is 2.57 bits per heavy atom. The summed E-state index contributed by atoms with van der Waals surface area (Å²) >= 11 is 0. The number of nitrogens with two attached hydrogens (primary N) is 1. The van der Waals surface area contributed by atoms with E-state index in [-0.39, 0.29) is 6.10 Å². The lowest BCUT2D eigenvalue weighted by Gasteiger charge is -2.17. The molecule has 2 rings (SSSR count). The van der Waals surface area contributed by atoms with E-state index in [9.17, 15) is 0 Å². The van der Waals surface area contributed by atoms with E-state index in [2.05, 4.69) is 12.0 Å². The Kier molecular flexibility index (Phi) is 2.84. The molecule has 2 N–H and O–H groups in total. The van der Waals surface area contributed by atoms with Gasteiger partial charge in [-0.25, -0.2) is 0 Å². The van der Waals surface area contributed by atoms with Crippen molar-refractivity contribution in [1.82, 2.24) is 9.78 Å². The molecule has 2 heterocycles. The maximum atomic E-state index is 5.71. The summed E-state index contributed by atoms with van der Waals surface area (Å²) < 4.78 is 7.69. The summed E-state index contributed by atoms with van der Waals surface area (Å²) in [5.74, 6) is 0.456. The molecule has 1 aliphatic rings. The maximum absolute atomic E-state index is 5.71. The van der Waals surface area contributed by atoms with Gasteiger partial charge in [0.2, 0.25) is 0 Å². The lowest BCUT2D eigenvalue weighted by molar-refractivity contribution is 0.0850. The first-order chi connectivity index (χ1) is 6.86. The molecule has 0 aromatic carbocycles. The van der Waals surface area contributed by atoms with Crippen LogP contribution >= 0.6 is 0 Å². The number of ether oxygens (including phenoxy) is 1. The van der Waals surface area contributed by atoms with Crippen LogP contribution < -0.4 is 5.73 Å². The largest absolute Gasteiger partial charge is 0.372 e. The molecule has 2 atom stereocenters. The molecule has 1 aromatic rings. The third-order valence-corrected chi connectivity index (χ3v) is 2.86. The van der Waals surface area contributed by atoms with Gasteiger partial charge in [-0.05, 0) is 26.0 Å². The summed E-state index contributed by atoms with van der Waals surface area (Å²) in [5, 5.41) is 4.24. The minimum absolute atomic E-state index is 0.155. The second kappa shape index (κ2) is 4.11. The Morgan fingerprint density at radius 3 is 3.29 bits per heavy atom. The highest BCUT2D eigenvalue weighted by Gasteiger charge is 2.30. The molecular formula is C10H17N3O. The number of aryl methyl sites for hydroxylation is 1. The molecule has 4 nitrogen and oxygen atoms in total. The fourth-order valence-corrected chi connectivity index (χ4v) is 2.05. The summed E-state index contributed by atoms with van der Waals surface area (Å²) in [7, 11) is 0. The molecule has 0 aliphatic carbocycles. The van der Waals surface area contributed by atoms with Crippen molar-refractivity contribution in [3.8, 4) is 0 Å². The molecule has 1 fully saturated rings. The average Bonchev–Trinajstić information content (AvgIpc) is 2.85. The zero-order valence-corrected chi connectivity index (χ0v) is 8.52. The fourth-order valence-electron chi connectivity index (χ4n) is 2.05. The zero-order valence-electron chi connectivity index (χ0n) is 8.52. The third kappa shape index (κ3) is 1.55. The topological polar surface area (TPSA) is 53.1 Å². The van der Waals surface area contributed by atoms with Crippen molar-refractivity contribution >= 4 is 0 Å². The lowest BCUT2D eigenvalue weighted by atomic mass is 9.99. The average molecular weight is 195 g/mol. The molecule has 14 heavy (non-hydrogen) atoms. The molecule has 1 saturated heterocycles. The predicted octanol–water partition coefficient (Wildman–Crippen LogP) is 0.939. The molecule has 0 unspecified atom stereocenters. The van der Waals surface area contributed by atoms with Crippen LogP contribution in [0, 0.1) is 5.92 Å². The Morgan fingerprint density at radius 1 is 1.71 bits per heavy atom. The van der Waals surface area contributed by atoms with Crippen molar-refractivity contribution in [2.45, 2.75) is 26.0 Å². The fraction of sp³-hybridized carbons (Fsp3) is 0.700. The van der Waals surface area contributed by atoms with Gasteiger partial charge in [-0.3, -0.25) is 4.68 Å². The lowest BCUT2D eigenvalue weighted by Crippen LogP contribution is -2.20. The maximum Gasteiger partial charge on any atom is 0.103 e. The highest BCUT2D eigenvalue weighted by molar-refractivity contribution is 5.08. The highest BCUT2D eigenvalue weighted by atomic mass is 16.5. The molecule has 4 heteroatoms. The van der Waals surface area contributed by atoms with Gasteiger partial charge in [0, 0.05) is 25.3 Å². The summed E-state index contributed by atoms with van der Waals surface area (Å²) in [5.41, 5.74) is 6.88. The van der Waals surface area contributed by atoms with Gasteiger partial charge in [-0.15, -0.1) is 0 Å². The van der Waals surface area contributed by atoms with Crippen LogP contribution in [0.4, 0.5) is 0 Å². The molecule has 0 amide bonds. The molecule has 1 aromatic heterocycles. The van der Waals surface area contributed by atoms with Gasteiger partial charge in [0.1, 0.15) is 6.10 Å². The van der Waals surface area contributed by atoms with Crippen LogP contribution in [0.1, 0.15) is 25.1 Å². The van der Waals surface area contributed by atoms with Gasteiger partial charge in [0.25, 0.3) is 0 Å². The van der Waals surface area contributed by atoms with Crippen LogP contribution in [0.25, 0.3) is 0 Å². The predicted molar refractivity (Wildman–Crippen MR) is 53.8 cm³/mol. The summed E-state index contributed by atoms with van der Waals surface area (Å²) in [4.78, 5) is 0. The second-order valence-corrected chi connectivity index (χ2v) is 3.65. The Labute approximate surface area is 84.0 Å². The van der Waals surface area contributed by atoms with Crippen molar-refractivity contribution < 1.29 is 4.74 Å². The van der Waals surface area contributed by atoms with Crippen molar-refractivity contribution in [3.05, 3.63) is 18.0 Å². The normalized spacial score (nSPS) is 27.0.